The van der Waals surface area contributed by atoms with Gasteiger partial charge in [-0.05, 0) is 196 Å². The quantitative estimate of drug-likeness (QED) is 0.0322. The number of nitrogens with two attached hydrogens (primary N) is 1. The molecule has 520 valence electrons. The maximum absolute atomic E-state index is 12.8. The average molecular weight is 1420 g/mol. The third kappa shape index (κ3) is 16.6. The number of piperidine rings is 2. The summed E-state index contributed by atoms with van der Waals surface area (Å²) in [4.78, 5) is 89.0. The second kappa shape index (κ2) is 30.1. The van der Waals surface area contributed by atoms with Gasteiger partial charge in [0, 0.05) is 133 Å². The Kier molecular flexibility index (Phi) is 22.4. The van der Waals surface area contributed by atoms with Crippen molar-refractivity contribution in [2.24, 2.45) is 11.8 Å². The molecule has 2 saturated heterocycles. The Balaban J connectivity index is 0.000000227. The number of aromatic nitrogens is 5. The van der Waals surface area contributed by atoms with Gasteiger partial charge in [-0.3, -0.25) is 24.3 Å². The monoisotopic (exact) mass is 1420 g/mol. The number of pyridine rings is 3. The number of hydrogen-bond acceptors (Lipinski definition) is 16. The van der Waals surface area contributed by atoms with Crippen LogP contribution in [-0.4, -0.2) is 129 Å². The SMILES string of the molecule is CN(C)C(=O)C1CCN(c2cccc(-c3ccc([N+](=O)[O-])c(Nc4ccc(C5(NC(=O)OC(C)(C)C)CCC5)cc4)n3)c2)CC1.CN(C)C(=O)C1CCN(c2cccc(-c3ccc4nc(-c5cccnc5N)n(-c5ccc(C6(NC(=O)OC(C)(C)C)CCC6)cc5)c4n3)c2)CC1.[CH3-].[Pd]. The van der Waals surface area contributed by atoms with Gasteiger partial charge in [-0.2, -0.15) is 0 Å². The molecule has 4 fully saturated rings. The van der Waals surface area contributed by atoms with Crippen LogP contribution in [0.3, 0.4) is 0 Å². The van der Waals surface area contributed by atoms with E-state index in [4.69, 9.17) is 25.2 Å². The predicted octanol–water partition coefficient (Wildman–Crippen LogP) is 14.0. The molecule has 0 atom stereocenters. The standard InChI is InChI=1S/C40H46N8O3.C34H42N6O5.CH3.Pd/c1-39(2,3)51-38(50)45-40(20-8-21-40)28-12-14-29(15-13-28)48-35(31-11-7-22-42-34(31)41)44-33-17-16-32(43-36(33)48)27-9-6-10-30(25-27)47-23-18-26(19-24-47)37(49)46(4)5;1-33(2,3)45-32(42)37-34(18-7-19-34)25-10-12-26(13-11-25)35-30-29(40(43)44)15-14-28(36-30)24-8-6-9-27(22-24)39-20-16-23(17-21-39)31(41)38(4)5;;/h6-7,9-17,22,25-26H,8,18-21,23-24H2,1-5H3,(H2,41,42)(H,45,50);6,8-15,22-23H,7,16-21H2,1-5H3,(H,35,36)(H,37,42);1H3;/q;;-1;. The maximum atomic E-state index is 12.8. The molecule has 0 bridgehead atoms. The van der Waals surface area contributed by atoms with E-state index in [0.717, 1.165) is 141 Å². The molecule has 4 aromatic carbocycles. The fourth-order valence-corrected chi connectivity index (χ4v) is 13.2. The van der Waals surface area contributed by atoms with Crippen molar-refractivity contribution in [3.05, 3.63) is 168 Å². The van der Waals surface area contributed by atoms with Crippen molar-refractivity contribution in [3.8, 4) is 39.6 Å². The Bertz CT molecular complexity index is 4160. The van der Waals surface area contributed by atoms with Gasteiger partial charge < -0.3 is 58.2 Å². The van der Waals surface area contributed by atoms with Crippen molar-refractivity contribution in [1.82, 2.24) is 44.9 Å². The van der Waals surface area contributed by atoms with Crippen molar-refractivity contribution in [2.45, 2.75) is 128 Å². The van der Waals surface area contributed by atoms with E-state index in [9.17, 15) is 29.3 Å². The number of anilines is 5. The van der Waals surface area contributed by atoms with E-state index < -0.39 is 39.4 Å². The van der Waals surface area contributed by atoms with Crippen LogP contribution in [0.5, 0.6) is 0 Å². The van der Waals surface area contributed by atoms with Crippen molar-refractivity contribution in [3.63, 3.8) is 0 Å². The molecule has 4 aromatic heterocycles. The number of nitrogens with zero attached hydrogens (tertiary/aromatic N) is 10. The number of nitrogens with one attached hydrogen (secondary N) is 3. The molecule has 6 heterocycles. The molecule has 0 spiro atoms. The number of fused-ring (bicyclic) bond motifs is 1. The van der Waals surface area contributed by atoms with E-state index in [1.54, 1.807) is 36.2 Å². The first-order chi connectivity index (χ1) is 45.7. The van der Waals surface area contributed by atoms with Gasteiger partial charge >= 0.3 is 17.9 Å². The summed E-state index contributed by atoms with van der Waals surface area (Å²) in [5, 5.41) is 21.3. The molecule has 0 unspecified atom stereocenters. The first kappa shape index (κ1) is 72.8. The van der Waals surface area contributed by atoms with Crippen LogP contribution in [-0.2, 0) is 50.6 Å². The summed E-state index contributed by atoms with van der Waals surface area (Å²) >= 11 is 0. The zero-order valence-electron chi connectivity index (χ0n) is 58.0. The number of nitro groups is 1. The molecular weight excluding hydrogens is 1330 g/mol. The topological polar surface area (TPSA) is 261 Å². The summed E-state index contributed by atoms with van der Waals surface area (Å²) in [5.74, 6) is 1.66. The fourth-order valence-electron chi connectivity index (χ4n) is 13.2. The molecule has 8 aromatic rings. The minimum Gasteiger partial charge on any atom is -0.444 e. The van der Waals surface area contributed by atoms with Crippen LogP contribution in [0.2, 0.25) is 0 Å². The van der Waals surface area contributed by atoms with Gasteiger partial charge in [0.2, 0.25) is 17.6 Å². The molecule has 22 nitrogen and oxygen atoms in total. The number of carbonyl (C=O) groups excluding carboxylic acids is 4. The summed E-state index contributed by atoms with van der Waals surface area (Å²) < 4.78 is 13.1. The number of rotatable bonds is 15. The first-order valence-corrected chi connectivity index (χ1v) is 33.1. The number of benzene rings is 4. The first-order valence-electron chi connectivity index (χ1n) is 33.1. The molecule has 12 rings (SSSR count). The second-order valence-corrected chi connectivity index (χ2v) is 28.0. The summed E-state index contributed by atoms with van der Waals surface area (Å²) in [6, 6.07) is 43.1. The second-order valence-electron chi connectivity index (χ2n) is 28.0. The third-order valence-corrected chi connectivity index (χ3v) is 18.5. The van der Waals surface area contributed by atoms with Crippen molar-refractivity contribution in [2.75, 3.05) is 75.2 Å². The van der Waals surface area contributed by atoms with E-state index >= 15 is 0 Å². The van der Waals surface area contributed by atoms with Gasteiger partial charge in [-0.15, -0.1) is 0 Å². The van der Waals surface area contributed by atoms with Gasteiger partial charge in [0.25, 0.3) is 0 Å². The van der Waals surface area contributed by atoms with Crippen LogP contribution in [0, 0.1) is 29.4 Å². The molecule has 2 saturated carbocycles. The predicted molar refractivity (Wildman–Crippen MR) is 381 cm³/mol. The average Bonchev–Trinajstić information content (AvgIpc) is 1.50. The van der Waals surface area contributed by atoms with E-state index in [-0.39, 0.29) is 63.0 Å². The number of carbonyl (C=O) groups is 4. The molecule has 5 N–H and O–H groups in total. The Morgan fingerprint density at radius 3 is 1.51 bits per heavy atom. The van der Waals surface area contributed by atoms with Crippen molar-refractivity contribution >= 4 is 69.5 Å². The summed E-state index contributed by atoms with van der Waals surface area (Å²) in [7, 11) is 7.25. The Morgan fingerprint density at radius 2 is 1.07 bits per heavy atom. The number of ether oxygens (including phenoxy) is 2. The molecule has 2 aliphatic carbocycles. The van der Waals surface area contributed by atoms with Gasteiger partial charge in [0.15, 0.2) is 11.5 Å². The summed E-state index contributed by atoms with van der Waals surface area (Å²) in [6.45, 7) is 14.3. The molecule has 4 amide bonds. The van der Waals surface area contributed by atoms with Crippen LogP contribution >= 0.6 is 0 Å². The van der Waals surface area contributed by atoms with E-state index in [0.29, 0.717) is 34.2 Å². The molecule has 0 radical (unpaired) electrons. The van der Waals surface area contributed by atoms with Gasteiger partial charge in [-0.25, -0.2) is 29.5 Å². The minimum absolute atomic E-state index is 0. The normalized spacial score (nSPS) is 15.9. The number of hydrogen-bond donors (Lipinski definition) is 4. The Labute approximate surface area is 588 Å². The molecule has 23 heteroatoms. The molecule has 98 heavy (non-hydrogen) atoms. The van der Waals surface area contributed by atoms with Crippen LogP contribution in [0.15, 0.2) is 140 Å². The maximum Gasteiger partial charge on any atom is 0.408 e. The third-order valence-electron chi connectivity index (χ3n) is 18.5. The van der Waals surface area contributed by atoms with Gasteiger partial charge in [0.1, 0.15) is 22.5 Å². The van der Waals surface area contributed by atoms with Crippen LogP contribution in [0.4, 0.5) is 44.0 Å². The van der Waals surface area contributed by atoms with Crippen molar-refractivity contribution in [1.29, 1.82) is 0 Å². The number of alkyl carbamates (subject to hydrolysis) is 2. The van der Waals surface area contributed by atoms with Crippen LogP contribution in [0.1, 0.15) is 117 Å². The van der Waals surface area contributed by atoms with E-state index in [1.165, 1.54) is 6.07 Å². The zero-order chi connectivity index (χ0) is 68.3. The van der Waals surface area contributed by atoms with E-state index in [2.05, 4.69) is 72.1 Å². The number of amides is 4. The summed E-state index contributed by atoms with van der Waals surface area (Å²) in [5.41, 5.74) is 15.1. The Morgan fingerprint density at radius 1 is 0.602 bits per heavy atom. The minimum atomic E-state index is -0.592. The van der Waals surface area contributed by atoms with Crippen LogP contribution < -0.4 is 31.5 Å². The number of nitrogen functional groups attached to an aromatic ring is 1. The number of imidazole rings is 1. The summed E-state index contributed by atoms with van der Waals surface area (Å²) in [6.07, 6.45) is 9.38. The Hall–Kier alpha value is -9.46. The zero-order valence-corrected chi connectivity index (χ0v) is 59.5. The van der Waals surface area contributed by atoms with Gasteiger partial charge in [-0.1, -0.05) is 48.5 Å². The molecular formula is C75H91N14O8Pd-. The smallest absolute Gasteiger partial charge is 0.408 e. The largest absolute Gasteiger partial charge is 0.444 e. The van der Waals surface area contributed by atoms with Crippen LogP contribution in [0.25, 0.3) is 50.8 Å². The van der Waals surface area contributed by atoms with E-state index in [1.807, 2.05) is 145 Å². The van der Waals surface area contributed by atoms with Crippen molar-refractivity contribution < 1.29 is 54.0 Å². The molecule has 2 aliphatic heterocycles. The van der Waals surface area contributed by atoms with Gasteiger partial charge in [0.05, 0.1) is 33.0 Å². The molecule has 4 aliphatic rings. The fraction of sp³-hybridized carbons (Fsp3) is 0.400.